The van der Waals surface area contributed by atoms with Gasteiger partial charge in [-0.2, -0.15) is 5.10 Å². The first-order valence-corrected chi connectivity index (χ1v) is 4.52. The quantitative estimate of drug-likeness (QED) is 0.371. The number of methoxy groups -OCH3 is 1. The van der Waals surface area contributed by atoms with E-state index in [0.717, 1.165) is 0 Å². The van der Waals surface area contributed by atoms with Gasteiger partial charge in [0.05, 0.1) is 26.5 Å². The maximum Gasteiger partial charge on any atom is 0.169 e. The first kappa shape index (κ1) is 11.3. The number of phenolic OH excluding ortho intramolecular Hbond substituents is 1. The van der Waals surface area contributed by atoms with E-state index in [1.807, 2.05) is 0 Å². The van der Waals surface area contributed by atoms with Gasteiger partial charge >= 0.3 is 0 Å². The van der Waals surface area contributed by atoms with Crippen LogP contribution in [0.1, 0.15) is 5.56 Å². The van der Waals surface area contributed by atoms with Gasteiger partial charge < -0.3 is 20.4 Å². The zero-order valence-electron chi connectivity index (χ0n) is 8.47. The fourth-order valence-corrected chi connectivity index (χ4v) is 1.10. The molecule has 0 spiro atoms. The minimum Gasteiger partial charge on any atom is -0.504 e. The number of aliphatic hydroxyl groups excluding tert-OH is 1. The summed E-state index contributed by atoms with van der Waals surface area (Å²) >= 11 is 0. The highest BCUT2D eigenvalue weighted by Crippen LogP contribution is 2.27. The fraction of sp³-hybridized carbons (Fsp3) is 0.300. The molecule has 5 nitrogen and oxygen atoms in total. The number of aromatic hydroxyl groups is 1. The molecule has 3 N–H and O–H groups in total. The van der Waals surface area contributed by atoms with Crippen LogP contribution in [0.4, 0.5) is 0 Å². The zero-order chi connectivity index (χ0) is 11.1. The molecule has 0 radical (unpaired) electrons. The number of hydrogen-bond acceptors (Lipinski definition) is 5. The lowest BCUT2D eigenvalue weighted by Crippen LogP contribution is -2.11. The molecule has 0 aliphatic rings. The van der Waals surface area contributed by atoms with E-state index < -0.39 is 0 Å². The average Bonchev–Trinajstić information content (AvgIpc) is 2.24. The first-order chi connectivity index (χ1) is 7.29. The van der Waals surface area contributed by atoms with Gasteiger partial charge in [-0.05, 0) is 12.1 Å². The summed E-state index contributed by atoms with van der Waals surface area (Å²) in [4.78, 5) is 0. The number of hydrogen-bond donors (Lipinski definition) is 3. The second-order valence-corrected chi connectivity index (χ2v) is 2.79. The molecule has 0 heterocycles. The van der Waals surface area contributed by atoms with Crippen molar-refractivity contribution in [2.45, 2.75) is 0 Å². The Morgan fingerprint density at radius 2 is 2.33 bits per heavy atom. The number of ether oxygens (including phenoxy) is 1. The molecule has 15 heavy (non-hydrogen) atoms. The molecular weight excluding hydrogens is 196 g/mol. The molecule has 0 aromatic heterocycles. The summed E-state index contributed by atoms with van der Waals surface area (Å²) in [5, 5.41) is 21.8. The van der Waals surface area contributed by atoms with Crippen molar-refractivity contribution < 1.29 is 14.9 Å². The number of aliphatic hydroxyl groups is 1. The van der Waals surface area contributed by atoms with Crippen molar-refractivity contribution in [2.75, 3.05) is 20.3 Å². The summed E-state index contributed by atoms with van der Waals surface area (Å²) in [5.41, 5.74) is 3.31. The van der Waals surface area contributed by atoms with Crippen molar-refractivity contribution in [1.29, 1.82) is 0 Å². The van der Waals surface area contributed by atoms with E-state index >= 15 is 0 Å². The molecule has 0 bridgehead atoms. The Labute approximate surface area is 88.0 Å². The summed E-state index contributed by atoms with van der Waals surface area (Å²) in [7, 11) is 1.48. The van der Waals surface area contributed by atoms with Gasteiger partial charge in [-0.25, -0.2) is 0 Å². The molecule has 0 unspecified atom stereocenters. The number of nitrogens with one attached hydrogen (secondary N) is 1. The lowest BCUT2D eigenvalue weighted by atomic mass is 10.2. The average molecular weight is 210 g/mol. The predicted octanol–water partition coefficient (Wildman–Crippen LogP) is 0.317. The van der Waals surface area contributed by atoms with Crippen molar-refractivity contribution in [3.8, 4) is 11.5 Å². The highest BCUT2D eigenvalue weighted by molar-refractivity contribution is 5.84. The molecular formula is C10H14N2O3. The smallest absolute Gasteiger partial charge is 0.169 e. The maximum atomic E-state index is 9.45. The minimum absolute atomic E-state index is 0.0223. The van der Waals surface area contributed by atoms with Crippen LogP contribution in [0.25, 0.3) is 0 Å². The predicted molar refractivity (Wildman–Crippen MR) is 57.3 cm³/mol. The second kappa shape index (κ2) is 5.87. The van der Waals surface area contributed by atoms with Crippen LogP contribution in [0.5, 0.6) is 11.5 Å². The molecule has 1 aromatic carbocycles. The van der Waals surface area contributed by atoms with E-state index in [1.54, 1.807) is 12.1 Å². The largest absolute Gasteiger partial charge is 0.504 e. The van der Waals surface area contributed by atoms with Crippen molar-refractivity contribution in [2.24, 2.45) is 5.10 Å². The molecule has 0 fully saturated rings. The summed E-state index contributed by atoms with van der Waals surface area (Å²) < 4.78 is 5.01. The van der Waals surface area contributed by atoms with Gasteiger partial charge in [-0.3, -0.25) is 0 Å². The normalized spacial score (nSPS) is 10.5. The highest BCUT2D eigenvalue weighted by atomic mass is 16.5. The Balaban J connectivity index is 2.75. The topological polar surface area (TPSA) is 74.1 Å². The van der Waals surface area contributed by atoms with Gasteiger partial charge in [0, 0.05) is 5.56 Å². The Kier molecular flexibility index (Phi) is 4.43. The van der Waals surface area contributed by atoms with Gasteiger partial charge in [0.2, 0.25) is 0 Å². The third kappa shape index (κ3) is 3.14. The summed E-state index contributed by atoms with van der Waals surface area (Å²) in [6.45, 7) is 0.409. The molecule has 0 saturated heterocycles. The van der Waals surface area contributed by atoms with E-state index in [1.165, 1.54) is 19.4 Å². The van der Waals surface area contributed by atoms with Crippen LogP contribution in [0.15, 0.2) is 23.3 Å². The number of rotatable bonds is 5. The lowest BCUT2D eigenvalue weighted by Gasteiger charge is -2.05. The van der Waals surface area contributed by atoms with E-state index in [2.05, 4.69) is 10.5 Å². The summed E-state index contributed by atoms with van der Waals surface area (Å²) in [5.74, 6) is 0.454. The van der Waals surface area contributed by atoms with Crippen LogP contribution in [-0.2, 0) is 0 Å². The maximum absolute atomic E-state index is 9.45. The number of hydrazone groups is 1. The zero-order valence-corrected chi connectivity index (χ0v) is 8.47. The first-order valence-electron chi connectivity index (χ1n) is 4.52. The van der Waals surface area contributed by atoms with Crippen LogP contribution in [0, 0.1) is 0 Å². The molecule has 0 atom stereocenters. The van der Waals surface area contributed by atoms with E-state index in [4.69, 9.17) is 9.84 Å². The molecule has 0 aliphatic heterocycles. The van der Waals surface area contributed by atoms with Crippen molar-refractivity contribution in [1.82, 2.24) is 5.43 Å². The SMILES string of the molecule is COc1c(O)cccc1/C=N/NCCO. The molecule has 0 aliphatic carbocycles. The lowest BCUT2D eigenvalue weighted by molar-refractivity contribution is 0.294. The van der Waals surface area contributed by atoms with E-state index in [-0.39, 0.29) is 12.4 Å². The Morgan fingerprint density at radius 3 is 3.00 bits per heavy atom. The minimum atomic E-state index is 0.0223. The van der Waals surface area contributed by atoms with Gasteiger partial charge in [-0.15, -0.1) is 0 Å². The number of phenols is 1. The van der Waals surface area contributed by atoms with Gasteiger partial charge in [0.25, 0.3) is 0 Å². The number of benzene rings is 1. The molecule has 82 valence electrons. The van der Waals surface area contributed by atoms with Gasteiger partial charge in [0.1, 0.15) is 0 Å². The third-order valence-corrected chi connectivity index (χ3v) is 1.75. The van der Waals surface area contributed by atoms with Crippen molar-refractivity contribution in [3.05, 3.63) is 23.8 Å². The highest BCUT2D eigenvalue weighted by Gasteiger charge is 2.04. The van der Waals surface area contributed by atoms with Gasteiger partial charge in [-0.1, -0.05) is 6.07 Å². The van der Waals surface area contributed by atoms with E-state index in [9.17, 15) is 5.11 Å². The van der Waals surface area contributed by atoms with Gasteiger partial charge in [0.15, 0.2) is 11.5 Å². The van der Waals surface area contributed by atoms with E-state index in [0.29, 0.717) is 17.9 Å². The standard InChI is InChI=1S/C10H14N2O3/c1-15-10-8(3-2-4-9(10)14)7-12-11-5-6-13/h2-4,7,11,13-14H,5-6H2,1H3/b12-7+. The Hall–Kier alpha value is -1.75. The summed E-state index contributed by atoms with van der Waals surface area (Å²) in [6, 6.07) is 5.01. The van der Waals surface area contributed by atoms with Crippen LogP contribution in [0.2, 0.25) is 0 Å². The molecule has 0 amide bonds. The van der Waals surface area contributed by atoms with Crippen LogP contribution in [0.3, 0.4) is 0 Å². The monoisotopic (exact) mass is 210 g/mol. The Bertz CT molecular complexity index is 339. The Morgan fingerprint density at radius 1 is 1.53 bits per heavy atom. The molecule has 1 rings (SSSR count). The summed E-state index contributed by atoms with van der Waals surface area (Å²) in [6.07, 6.45) is 1.52. The van der Waals surface area contributed by atoms with Crippen molar-refractivity contribution >= 4 is 6.21 Å². The van der Waals surface area contributed by atoms with Crippen LogP contribution in [-0.4, -0.2) is 36.7 Å². The molecule has 1 aromatic rings. The molecule has 0 saturated carbocycles. The molecule has 5 heteroatoms. The third-order valence-electron chi connectivity index (χ3n) is 1.75. The van der Waals surface area contributed by atoms with Crippen LogP contribution < -0.4 is 10.2 Å². The number of nitrogens with zero attached hydrogens (tertiary/aromatic N) is 1. The van der Waals surface area contributed by atoms with Crippen molar-refractivity contribution in [3.63, 3.8) is 0 Å². The second-order valence-electron chi connectivity index (χ2n) is 2.79. The fourth-order valence-electron chi connectivity index (χ4n) is 1.10. The van der Waals surface area contributed by atoms with Crippen LogP contribution >= 0.6 is 0 Å². The number of para-hydroxylation sites is 1.